The van der Waals surface area contributed by atoms with Crippen molar-refractivity contribution < 1.29 is 13.2 Å². The average molecular weight is 260 g/mol. The molecule has 18 heavy (non-hydrogen) atoms. The summed E-state index contributed by atoms with van der Waals surface area (Å²) >= 11 is 0. The van der Waals surface area contributed by atoms with E-state index in [4.69, 9.17) is 5.73 Å². The predicted molar refractivity (Wildman–Crippen MR) is 67.6 cm³/mol. The topological polar surface area (TPSA) is 29.3 Å². The van der Waals surface area contributed by atoms with Crippen molar-refractivity contribution in [2.45, 2.75) is 39.5 Å². The summed E-state index contributed by atoms with van der Waals surface area (Å²) < 4.78 is 37.8. The van der Waals surface area contributed by atoms with Gasteiger partial charge in [0.25, 0.3) is 0 Å². The van der Waals surface area contributed by atoms with Gasteiger partial charge in [0.1, 0.15) is 6.54 Å². The first-order valence-corrected chi connectivity index (χ1v) is 5.87. The third kappa shape index (κ3) is 3.91. The molecule has 0 saturated heterocycles. The Morgan fingerprint density at radius 1 is 1.28 bits per heavy atom. The number of alkyl halides is 3. The van der Waals surface area contributed by atoms with Crippen LogP contribution in [0.15, 0.2) is 18.2 Å². The van der Waals surface area contributed by atoms with Gasteiger partial charge in [-0.3, -0.25) is 0 Å². The Kier molecular flexibility index (Phi) is 4.62. The van der Waals surface area contributed by atoms with Gasteiger partial charge in [-0.25, -0.2) is 0 Å². The summed E-state index contributed by atoms with van der Waals surface area (Å²) in [7, 11) is 0. The summed E-state index contributed by atoms with van der Waals surface area (Å²) in [5.74, 6) is 0. The maximum absolute atomic E-state index is 12.6. The SMILES string of the molecule is Cc1ccc(CN)c(N(CC(F)(F)F)C(C)C)c1. The Morgan fingerprint density at radius 3 is 2.33 bits per heavy atom. The first kappa shape index (κ1) is 14.8. The van der Waals surface area contributed by atoms with Gasteiger partial charge in [-0.05, 0) is 38.0 Å². The van der Waals surface area contributed by atoms with Crippen LogP contribution in [0.5, 0.6) is 0 Å². The molecule has 0 bridgehead atoms. The first-order chi connectivity index (χ1) is 8.24. The lowest BCUT2D eigenvalue weighted by Gasteiger charge is -2.31. The number of hydrogen-bond acceptors (Lipinski definition) is 2. The zero-order valence-corrected chi connectivity index (χ0v) is 10.9. The van der Waals surface area contributed by atoms with Gasteiger partial charge in [-0.1, -0.05) is 12.1 Å². The molecular weight excluding hydrogens is 241 g/mol. The van der Waals surface area contributed by atoms with Crippen LogP contribution in [0.3, 0.4) is 0 Å². The second kappa shape index (κ2) is 5.61. The molecule has 0 amide bonds. The standard InChI is InChI=1S/C13H19F3N2/c1-9(2)18(8-13(14,15)16)12-6-10(3)4-5-11(12)7-17/h4-6,9H,7-8,17H2,1-3H3. The molecule has 1 rings (SSSR count). The van der Waals surface area contributed by atoms with Crippen molar-refractivity contribution in [3.05, 3.63) is 29.3 Å². The minimum Gasteiger partial charge on any atom is -0.360 e. The van der Waals surface area contributed by atoms with E-state index in [1.807, 2.05) is 13.0 Å². The lowest BCUT2D eigenvalue weighted by molar-refractivity contribution is -0.120. The lowest BCUT2D eigenvalue weighted by atomic mass is 10.1. The minimum absolute atomic E-state index is 0.233. The molecule has 0 aromatic heterocycles. The molecule has 0 heterocycles. The molecule has 1 aromatic carbocycles. The lowest BCUT2D eigenvalue weighted by Crippen LogP contribution is -2.39. The molecule has 1 aromatic rings. The fourth-order valence-electron chi connectivity index (χ4n) is 1.85. The van der Waals surface area contributed by atoms with Crippen molar-refractivity contribution in [1.29, 1.82) is 0 Å². The molecule has 2 N–H and O–H groups in total. The monoisotopic (exact) mass is 260 g/mol. The molecule has 0 spiro atoms. The predicted octanol–water partition coefficient (Wildman–Crippen LogP) is 3.23. The smallest absolute Gasteiger partial charge is 0.360 e. The van der Waals surface area contributed by atoms with Crippen molar-refractivity contribution in [2.24, 2.45) is 5.73 Å². The number of benzene rings is 1. The third-order valence-electron chi connectivity index (χ3n) is 2.74. The van der Waals surface area contributed by atoms with Gasteiger partial charge in [0.2, 0.25) is 0 Å². The van der Waals surface area contributed by atoms with Gasteiger partial charge < -0.3 is 10.6 Å². The maximum atomic E-state index is 12.6. The van der Waals surface area contributed by atoms with Crippen LogP contribution in [0.2, 0.25) is 0 Å². The Balaban J connectivity index is 3.16. The highest BCUT2D eigenvalue weighted by Gasteiger charge is 2.32. The molecule has 102 valence electrons. The number of aryl methyl sites for hydroxylation is 1. The second-order valence-corrected chi connectivity index (χ2v) is 4.67. The highest BCUT2D eigenvalue weighted by molar-refractivity contribution is 5.56. The number of anilines is 1. The van der Waals surface area contributed by atoms with Crippen LogP contribution < -0.4 is 10.6 Å². The van der Waals surface area contributed by atoms with E-state index < -0.39 is 12.7 Å². The molecule has 5 heteroatoms. The van der Waals surface area contributed by atoms with E-state index in [1.54, 1.807) is 26.0 Å². The first-order valence-electron chi connectivity index (χ1n) is 5.87. The van der Waals surface area contributed by atoms with Crippen LogP contribution in [0.25, 0.3) is 0 Å². The van der Waals surface area contributed by atoms with E-state index in [0.29, 0.717) is 5.69 Å². The highest BCUT2D eigenvalue weighted by atomic mass is 19.4. The fourth-order valence-corrected chi connectivity index (χ4v) is 1.85. The number of rotatable bonds is 4. The molecule has 0 unspecified atom stereocenters. The Labute approximate surface area is 106 Å². The average Bonchev–Trinajstić information content (AvgIpc) is 2.24. The van der Waals surface area contributed by atoms with Crippen LogP contribution in [0.1, 0.15) is 25.0 Å². The summed E-state index contributed by atoms with van der Waals surface area (Å²) in [6.07, 6.45) is -4.22. The third-order valence-corrected chi connectivity index (χ3v) is 2.74. The van der Waals surface area contributed by atoms with Crippen LogP contribution in [0.4, 0.5) is 18.9 Å². The van der Waals surface area contributed by atoms with Crippen molar-refractivity contribution >= 4 is 5.69 Å². The molecule has 0 radical (unpaired) electrons. The number of nitrogens with zero attached hydrogens (tertiary/aromatic N) is 1. The van der Waals surface area contributed by atoms with Gasteiger partial charge >= 0.3 is 6.18 Å². The van der Waals surface area contributed by atoms with E-state index in [0.717, 1.165) is 11.1 Å². The molecule has 2 nitrogen and oxygen atoms in total. The van der Waals surface area contributed by atoms with Gasteiger partial charge in [-0.2, -0.15) is 13.2 Å². The van der Waals surface area contributed by atoms with E-state index in [-0.39, 0.29) is 12.6 Å². The molecule has 0 fully saturated rings. The zero-order chi connectivity index (χ0) is 13.9. The Bertz CT molecular complexity index is 400. The van der Waals surface area contributed by atoms with E-state index >= 15 is 0 Å². The van der Waals surface area contributed by atoms with Gasteiger partial charge in [0, 0.05) is 18.3 Å². The van der Waals surface area contributed by atoms with Crippen LogP contribution in [-0.4, -0.2) is 18.8 Å². The van der Waals surface area contributed by atoms with E-state index in [1.165, 1.54) is 4.90 Å². The van der Waals surface area contributed by atoms with Gasteiger partial charge in [0.15, 0.2) is 0 Å². The molecule has 0 saturated carbocycles. The maximum Gasteiger partial charge on any atom is 0.405 e. The Morgan fingerprint density at radius 2 is 1.89 bits per heavy atom. The van der Waals surface area contributed by atoms with Crippen molar-refractivity contribution in [3.8, 4) is 0 Å². The number of halogens is 3. The minimum atomic E-state index is -4.22. The summed E-state index contributed by atoms with van der Waals surface area (Å²) in [4.78, 5) is 1.34. The second-order valence-electron chi connectivity index (χ2n) is 4.67. The summed E-state index contributed by atoms with van der Waals surface area (Å²) in [5, 5.41) is 0. The van der Waals surface area contributed by atoms with E-state index in [2.05, 4.69) is 0 Å². The molecular formula is C13H19F3N2. The highest BCUT2D eigenvalue weighted by Crippen LogP contribution is 2.28. The van der Waals surface area contributed by atoms with Crippen LogP contribution >= 0.6 is 0 Å². The molecule has 0 aliphatic carbocycles. The largest absolute Gasteiger partial charge is 0.405 e. The molecule has 0 aliphatic rings. The molecule has 0 aliphatic heterocycles. The summed E-state index contributed by atoms with van der Waals surface area (Å²) in [6, 6.07) is 5.17. The van der Waals surface area contributed by atoms with E-state index in [9.17, 15) is 13.2 Å². The Hall–Kier alpha value is -1.23. The van der Waals surface area contributed by atoms with Crippen LogP contribution in [-0.2, 0) is 6.54 Å². The summed E-state index contributed by atoms with van der Waals surface area (Å²) in [5.41, 5.74) is 7.83. The number of nitrogens with two attached hydrogens (primary N) is 1. The van der Waals surface area contributed by atoms with Crippen molar-refractivity contribution in [1.82, 2.24) is 0 Å². The normalized spacial score (nSPS) is 12.0. The van der Waals surface area contributed by atoms with Crippen molar-refractivity contribution in [2.75, 3.05) is 11.4 Å². The summed E-state index contributed by atoms with van der Waals surface area (Å²) in [6.45, 7) is 4.62. The zero-order valence-electron chi connectivity index (χ0n) is 10.9. The molecule has 0 atom stereocenters. The quantitative estimate of drug-likeness (QED) is 0.900. The number of hydrogen-bond donors (Lipinski definition) is 1. The van der Waals surface area contributed by atoms with Crippen LogP contribution in [0, 0.1) is 6.92 Å². The van der Waals surface area contributed by atoms with Gasteiger partial charge in [-0.15, -0.1) is 0 Å². The van der Waals surface area contributed by atoms with Crippen molar-refractivity contribution in [3.63, 3.8) is 0 Å². The fraction of sp³-hybridized carbons (Fsp3) is 0.538. The van der Waals surface area contributed by atoms with Gasteiger partial charge in [0.05, 0.1) is 0 Å².